The van der Waals surface area contributed by atoms with Crippen LogP contribution in [0, 0.1) is 5.92 Å². The lowest BCUT2D eigenvalue weighted by Crippen LogP contribution is -2.57. The quantitative estimate of drug-likeness (QED) is 0.534. The average molecular weight is 471 g/mol. The van der Waals surface area contributed by atoms with E-state index in [1.54, 1.807) is 20.1 Å². The molecule has 2 aromatic rings. The van der Waals surface area contributed by atoms with Crippen LogP contribution in [0.4, 0.5) is 5.69 Å². The zero-order valence-corrected chi connectivity index (χ0v) is 19.4. The normalized spacial score (nSPS) is 20.7. The Morgan fingerprint density at radius 3 is 2.42 bits per heavy atom. The van der Waals surface area contributed by atoms with E-state index in [0.29, 0.717) is 35.4 Å². The molecule has 2 aliphatic heterocycles. The third-order valence-corrected chi connectivity index (χ3v) is 6.12. The van der Waals surface area contributed by atoms with Crippen molar-refractivity contribution in [2.24, 2.45) is 10.9 Å². The van der Waals surface area contributed by atoms with E-state index < -0.39 is 23.8 Å². The Hall–Kier alpha value is -3.26. The lowest BCUT2D eigenvalue weighted by Gasteiger charge is -2.39. The van der Waals surface area contributed by atoms with Crippen molar-refractivity contribution in [3.8, 4) is 5.75 Å². The fraction of sp³-hybridized carbons (Fsp3) is 0.375. The van der Waals surface area contributed by atoms with Crippen LogP contribution in [0.15, 0.2) is 53.5 Å². The Kier molecular flexibility index (Phi) is 7.03. The van der Waals surface area contributed by atoms with Crippen molar-refractivity contribution < 1.29 is 19.1 Å². The molecule has 1 fully saturated rings. The van der Waals surface area contributed by atoms with Crippen molar-refractivity contribution in [2.45, 2.75) is 13.0 Å². The third-order valence-electron chi connectivity index (χ3n) is 5.86. The number of ether oxygens (including phenoxy) is 2. The molecule has 0 aromatic heterocycles. The summed E-state index contributed by atoms with van der Waals surface area (Å²) in [6.45, 7) is 4.76. The van der Waals surface area contributed by atoms with E-state index in [1.165, 1.54) is 0 Å². The van der Waals surface area contributed by atoms with E-state index in [2.05, 4.69) is 10.2 Å². The average Bonchev–Trinajstić information content (AvgIpc) is 2.84. The summed E-state index contributed by atoms with van der Waals surface area (Å²) in [5, 5.41) is 3.54. The molecule has 2 heterocycles. The molecule has 0 spiro atoms. The van der Waals surface area contributed by atoms with Crippen LogP contribution in [-0.2, 0) is 14.3 Å². The first-order valence-electron chi connectivity index (χ1n) is 11.0. The van der Waals surface area contributed by atoms with Gasteiger partial charge in [0.05, 0.1) is 13.7 Å². The highest BCUT2D eigenvalue weighted by atomic mass is 35.5. The molecule has 1 saturated heterocycles. The number of esters is 1. The van der Waals surface area contributed by atoms with Gasteiger partial charge >= 0.3 is 5.97 Å². The van der Waals surface area contributed by atoms with Crippen molar-refractivity contribution in [1.29, 1.82) is 0 Å². The molecule has 1 amide bonds. The summed E-state index contributed by atoms with van der Waals surface area (Å²) in [5.41, 5.74) is 1.77. The van der Waals surface area contributed by atoms with E-state index >= 15 is 0 Å². The van der Waals surface area contributed by atoms with E-state index in [-0.39, 0.29) is 6.61 Å². The molecule has 0 unspecified atom stereocenters. The van der Waals surface area contributed by atoms with Gasteiger partial charge in [-0.05, 0) is 37.3 Å². The first-order valence-corrected chi connectivity index (χ1v) is 11.3. The molecule has 9 heteroatoms. The number of methoxy groups -OCH3 is 1. The number of amides is 1. The van der Waals surface area contributed by atoms with Gasteiger partial charge in [0.15, 0.2) is 5.92 Å². The van der Waals surface area contributed by atoms with Crippen LogP contribution in [0.1, 0.15) is 18.5 Å². The maximum absolute atomic E-state index is 13.1. The van der Waals surface area contributed by atoms with Gasteiger partial charge in [-0.2, -0.15) is 0 Å². The van der Waals surface area contributed by atoms with Crippen LogP contribution in [0.3, 0.4) is 0 Å². The number of piperazine rings is 1. The second-order valence-corrected chi connectivity index (χ2v) is 8.25. The standard InChI is InChI=1S/C24H27ClN4O4/c1-3-33-23(31)20-21(18-6-4-5-7-19(18)32-2)26-24(27-22(20)30)29-14-12-28(13-15-29)17-10-8-16(25)9-11-17/h4-11,20-21H,3,12-15H2,1-2H3,(H,26,27,30)/t20-,21+/m1/s1. The van der Waals surface area contributed by atoms with Crippen molar-refractivity contribution in [3.63, 3.8) is 0 Å². The number of carbonyl (C=O) groups is 2. The van der Waals surface area contributed by atoms with Gasteiger partial charge in [-0.15, -0.1) is 0 Å². The highest BCUT2D eigenvalue weighted by molar-refractivity contribution is 6.30. The Morgan fingerprint density at radius 2 is 1.76 bits per heavy atom. The van der Waals surface area contributed by atoms with Gasteiger partial charge in [0, 0.05) is 42.5 Å². The number of hydrogen-bond acceptors (Lipinski definition) is 7. The molecule has 1 N–H and O–H groups in total. The van der Waals surface area contributed by atoms with Gasteiger partial charge in [0.25, 0.3) is 0 Å². The molecule has 8 nitrogen and oxygen atoms in total. The Bertz CT molecular complexity index is 1040. The molecule has 33 heavy (non-hydrogen) atoms. The van der Waals surface area contributed by atoms with E-state index in [0.717, 1.165) is 18.8 Å². The van der Waals surface area contributed by atoms with Gasteiger partial charge in [0.2, 0.25) is 11.9 Å². The molecular formula is C24H27ClN4O4. The van der Waals surface area contributed by atoms with Crippen molar-refractivity contribution in [1.82, 2.24) is 10.2 Å². The highest BCUT2D eigenvalue weighted by Gasteiger charge is 2.43. The number of benzene rings is 2. The number of aliphatic imine (C=N–C) groups is 1. The highest BCUT2D eigenvalue weighted by Crippen LogP contribution is 2.36. The Balaban J connectivity index is 1.59. The molecule has 0 radical (unpaired) electrons. The van der Waals surface area contributed by atoms with Crippen molar-refractivity contribution in [2.75, 3.05) is 44.8 Å². The SMILES string of the molecule is CCOC(=O)[C@H]1C(=O)NC(N2CCN(c3ccc(Cl)cc3)CC2)=N[C@H]1c1ccccc1OC. The summed E-state index contributed by atoms with van der Waals surface area (Å²) >= 11 is 6.00. The zero-order valence-electron chi connectivity index (χ0n) is 18.7. The summed E-state index contributed by atoms with van der Waals surface area (Å²) in [4.78, 5) is 34.9. The predicted molar refractivity (Wildman–Crippen MR) is 127 cm³/mol. The number of nitrogens with one attached hydrogen (secondary N) is 1. The van der Waals surface area contributed by atoms with Crippen LogP contribution in [0.25, 0.3) is 0 Å². The van der Waals surface area contributed by atoms with Crippen molar-refractivity contribution in [3.05, 3.63) is 59.1 Å². The number of guanidine groups is 1. The second kappa shape index (κ2) is 10.1. The van der Waals surface area contributed by atoms with Gasteiger partial charge in [-0.1, -0.05) is 29.8 Å². The summed E-state index contributed by atoms with van der Waals surface area (Å²) in [5.74, 6) is -1.06. The van der Waals surface area contributed by atoms with E-state index in [4.69, 9.17) is 26.1 Å². The van der Waals surface area contributed by atoms with Gasteiger partial charge in [-0.3, -0.25) is 14.9 Å². The third kappa shape index (κ3) is 4.90. The van der Waals surface area contributed by atoms with Crippen LogP contribution in [0.2, 0.25) is 5.02 Å². The number of para-hydroxylation sites is 1. The minimum absolute atomic E-state index is 0.185. The van der Waals surface area contributed by atoms with Crippen LogP contribution >= 0.6 is 11.6 Å². The maximum atomic E-state index is 13.1. The Morgan fingerprint density at radius 1 is 1.09 bits per heavy atom. The summed E-state index contributed by atoms with van der Waals surface area (Å²) < 4.78 is 10.7. The van der Waals surface area contributed by atoms with Crippen molar-refractivity contribution >= 4 is 35.1 Å². The molecule has 2 atom stereocenters. The minimum Gasteiger partial charge on any atom is -0.496 e. The fourth-order valence-electron chi connectivity index (χ4n) is 4.19. The first kappa shape index (κ1) is 22.9. The Labute approximate surface area is 198 Å². The largest absolute Gasteiger partial charge is 0.496 e. The second-order valence-electron chi connectivity index (χ2n) is 7.81. The lowest BCUT2D eigenvalue weighted by molar-refractivity contribution is -0.153. The molecule has 0 saturated carbocycles. The first-order chi connectivity index (χ1) is 16.0. The monoisotopic (exact) mass is 470 g/mol. The van der Waals surface area contributed by atoms with E-state index in [1.807, 2.05) is 47.4 Å². The molecular weight excluding hydrogens is 444 g/mol. The van der Waals surface area contributed by atoms with Crippen LogP contribution < -0.4 is 15.0 Å². The molecule has 174 valence electrons. The number of nitrogens with zero attached hydrogens (tertiary/aromatic N) is 3. The molecule has 0 bridgehead atoms. The number of rotatable bonds is 5. The van der Waals surface area contributed by atoms with Gasteiger partial charge in [-0.25, -0.2) is 4.99 Å². The van der Waals surface area contributed by atoms with Gasteiger partial charge in [0.1, 0.15) is 11.8 Å². The number of hydrogen-bond donors (Lipinski definition) is 1. The van der Waals surface area contributed by atoms with E-state index in [9.17, 15) is 9.59 Å². The molecule has 2 aromatic carbocycles. The number of anilines is 1. The summed E-state index contributed by atoms with van der Waals surface area (Å²) in [7, 11) is 1.56. The van der Waals surface area contributed by atoms with Crippen LogP contribution in [-0.4, -0.2) is 62.6 Å². The summed E-state index contributed by atoms with van der Waals surface area (Å²) in [6.07, 6.45) is 0. The van der Waals surface area contributed by atoms with Gasteiger partial charge < -0.3 is 19.3 Å². The number of halogens is 1. The smallest absolute Gasteiger partial charge is 0.321 e. The molecule has 2 aliphatic rings. The topological polar surface area (TPSA) is 83.5 Å². The summed E-state index contributed by atoms with van der Waals surface area (Å²) in [6, 6.07) is 14.3. The minimum atomic E-state index is -1.08. The fourth-order valence-corrected chi connectivity index (χ4v) is 4.31. The molecule has 0 aliphatic carbocycles. The zero-order chi connectivity index (χ0) is 23.4. The lowest BCUT2D eigenvalue weighted by atomic mass is 9.90. The van der Waals surface area contributed by atoms with Crippen LogP contribution in [0.5, 0.6) is 5.75 Å². The predicted octanol–water partition coefficient (Wildman–Crippen LogP) is 2.88. The maximum Gasteiger partial charge on any atom is 0.321 e. The molecule has 4 rings (SSSR count). The number of carbonyl (C=O) groups excluding carboxylic acids is 2.